The highest BCUT2D eigenvalue weighted by Crippen LogP contribution is 2.37. The third-order valence-corrected chi connectivity index (χ3v) is 2.83. The number of hydrogen-bond donors (Lipinski definition) is 1. The van der Waals surface area contributed by atoms with E-state index in [2.05, 4.69) is 10.1 Å². The number of hydrogen-bond acceptors (Lipinski definition) is 7. The molecule has 0 amide bonds. The van der Waals surface area contributed by atoms with Crippen LogP contribution in [0.15, 0.2) is 16.7 Å². The highest BCUT2D eigenvalue weighted by Gasteiger charge is 2.21. The largest absolute Gasteiger partial charge is 0.496 e. The van der Waals surface area contributed by atoms with Gasteiger partial charge in [0.2, 0.25) is 11.7 Å². The standard InChI is InChI=1S/C13H17N3O4/c1-17-7-8-9(18-2)4-5-10(19-3)12(8)13-15-11(6-14)20-16-13/h4-5H,6-7,14H2,1-3H3. The molecule has 0 saturated carbocycles. The van der Waals surface area contributed by atoms with Gasteiger partial charge in [0.05, 0.1) is 32.9 Å². The molecule has 2 rings (SSSR count). The summed E-state index contributed by atoms with van der Waals surface area (Å²) in [5.74, 6) is 2.03. The van der Waals surface area contributed by atoms with Crippen molar-refractivity contribution in [3.63, 3.8) is 0 Å². The van der Waals surface area contributed by atoms with Gasteiger partial charge in [0.15, 0.2) is 0 Å². The summed E-state index contributed by atoms with van der Waals surface area (Å²) in [6.45, 7) is 0.515. The van der Waals surface area contributed by atoms with Crippen LogP contribution in [0.2, 0.25) is 0 Å². The molecule has 2 N–H and O–H groups in total. The molecule has 0 aliphatic rings. The molecule has 0 aliphatic heterocycles. The normalized spacial score (nSPS) is 10.6. The molecule has 108 valence electrons. The van der Waals surface area contributed by atoms with Gasteiger partial charge in [-0.15, -0.1) is 0 Å². The van der Waals surface area contributed by atoms with E-state index in [-0.39, 0.29) is 6.54 Å². The van der Waals surface area contributed by atoms with Crippen molar-refractivity contribution < 1.29 is 18.7 Å². The summed E-state index contributed by atoms with van der Waals surface area (Å²) >= 11 is 0. The monoisotopic (exact) mass is 279 g/mol. The lowest BCUT2D eigenvalue weighted by molar-refractivity contribution is 0.181. The number of rotatable bonds is 6. The van der Waals surface area contributed by atoms with E-state index in [1.54, 1.807) is 33.5 Å². The Bertz CT molecular complexity index is 583. The quantitative estimate of drug-likeness (QED) is 0.853. The van der Waals surface area contributed by atoms with Crippen molar-refractivity contribution >= 4 is 0 Å². The molecule has 1 aromatic heterocycles. The minimum atomic E-state index is 0.179. The fraction of sp³-hybridized carbons (Fsp3) is 0.385. The minimum absolute atomic E-state index is 0.179. The average molecular weight is 279 g/mol. The first-order valence-corrected chi connectivity index (χ1v) is 6.01. The first-order valence-electron chi connectivity index (χ1n) is 6.01. The summed E-state index contributed by atoms with van der Waals surface area (Å²) < 4.78 is 21.0. The summed E-state index contributed by atoms with van der Waals surface area (Å²) in [5, 5.41) is 3.93. The zero-order valence-electron chi connectivity index (χ0n) is 11.7. The van der Waals surface area contributed by atoms with Gasteiger partial charge in [-0.25, -0.2) is 0 Å². The van der Waals surface area contributed by atoms with Crippen LogP contribution < -0.4 is 15.2 Å². The van der Waals surface area contributed by atoms with Gasteiger partial charge in [0.25, 0.3) is 0 Å². The zero-order chi connectivity index (χ0) is 14.5. The molecular weight excluding hydrogens is 262 g/mol. The van der Waals surface area contributed by atoms with Crippen LogP contribution in [-0.2, 0) is 17.9 Å². The van der Waals surface area contributed by atoms with Crippen molar-refractivity contribution in [3.05, 3.63) is 23.6 Å². The molecule has 20 heavy (non-hydrogen) atoms. The number of aromatic nitrogens is 2. The van der Waals surface area contributed by atoms with Crippen LogP contribution in [0, 0.1) is 0 Å². The highest BCUT2D eigenvalue weighted by atomic mass is 16.5. The van der Waals surface area contributed by atoms with Crippen LogP contribution in [-0.4, -0.2) is 31.5 Å². The van der Waals surface area contributed by atoms with E-state index < -0.39 is 0 Å². The molecule has 0 bridgehead atoms. The van der Waals surface area contributed by atoms with Crippen LogP contribution in [0.5, 0.6) is 11.5 Å². The van der Waals surface area contributed by atoms with E-state index in [1.807, 2.05) is 0 Å². The second kappa shape index (κ2) is 6.36. The molecule has 7 heteroatoms. The van der Waals surface area contributed by atoms with Crippen LogP contribution in [0.1, 0.15) is 11.5 Å². The number of nitrogens with two attached hydrogens (primary N) is 1. The van der Waals surface area contributed by atoms with Gasteiger partial charge in [0, 0.05) is 12.7 Å². The Morgan fingerprint density at radius 2 is 1.85 bits per heavy atom. The van der Waals surface area contributed by atoms with Crippen molar-refractivity contribution in [1.82, 2.24) is 10.1 Å². The number of nitrogens with zero attached hydrogens (tertiary/aromatic N) is 2. The van der Waals surface area contributed by atoms with Gasteiger partial charge in [-0.2, -0.15) is 4.98 Å². The van der Waals surface area contributed by atoms with E-state index in [0.717, 1.165) is 5.56 Å². The molecule has 1 heterocycles. The Hall–Kier alpha value is -2.12. The molecule has 0 fully saturated rings. The molecule has 0 unspecified atom stereocenters. The first kappa shape index (κ1) is 14.3. The van der Waals surface area contributed by atoms with E-state index in [1.165, 1.54) is 0 Å². The average Bonchev–Trinajstić information content (AvgIpc) is 2.95. The molecule has 7 nitrogen and oxygen atoms in total. The van der Waals surface area contributed by atoms with Crippen LogP contribution in [0.4, 0.5) is 0 Å². The van der Waals surface area contributed by atoms with E-state index >= 15 is 0 Å². The fourth-order valence-electron chi connectivity index (χ4n) is 1.94. The summed E-state index contributed by atoms with van der Waals surface area (Å²) in [4.78, 5) is 4.23. The van der Waals surface area contributed by atoms with E-state index in [0.29, 0.717) is 35.4 Å². The number of benzene rings is 1. The third-order valence-electron chi connectivity index (χ3n) is 2.83. The van der Waals surface area contributed by atoms with Gasteiger partial charge in [0.1, 0.15) is 11.5 Å². The van der Waals surface area contributed by atoms with Crippen LogP contribution in [0.25, 0.3) is 11.4 Å². The predicted molar refractivity (Wildman–Crippen MR) is 71.4 cm³/mol. The van der Waals surface area contributed by atoms with Gasteiger partial charge in [-0.3, -0.25) is 0 Å². The third kappa shape index (κ3) is 2.59. The molecule has 0 saturated heterocycles. The lowest BCUT2D eigenvalue weighted by atomic mass is 10.0. The predicted octanol–water partition coefficient (Wildman–Crippen LogP) is 1.36. The highest BCUT2D eigenvalue weighted by molar-refractivity contribution is 5.71. The Balaban J connectivity index is 2.62. The van der Waals surface area contributed by atoms with Crippen molar-refractivity contribution in [1.29, 1.82) is 0 Å². The molecule has 0 atom stereocenters. The lowest BCUT2D eigenvalue weighted by Crippen LogP contribution is -2.01. The minimum Gasteiger partial charge on any atom is -0.496 e. The second-order valence-electron chi connectivity index (χ2n) is 3.97. The van der Waals surface area contributed by atoms with Gasteiger partial charge < -0.3 is 24.5 Å². The van der Waals surface area contributed by atoms with Crippen molar-refractivity contribution in [2.75, 3.05) is 21.3 Å². The summed E-state index contributed by atoms with van der Waals surface area (Å²) in [5.41, 5.74) is 6.96. The Kier molecular flexibility index (Phi) is 4.54. The van der Waals surface area contributed by atoms with Gasteiger partial charge in [-0.05, 0) is 12.1 Å². The Morgan fingerprint density at radius 3 is 2.40 bits per heavy atom. The number of methoxy groups -OCH3 is 3. The maximum absolute atomic E-state index is 5.49. The lowest BCUT2D eigenvalue weighted by Gasteiger charge is -2.14. The Morgan fingerprint density at radius 1 is 1.15 bits per heavy atom. The summed E-state index contributed by atoms with van der Waals surface area (Å²) in [7, 11) is 4.77. The van der Waals surface area contributed by atoms with E-state index in [9.17, 15) is 0 Å². The summed E-state index contributed by atoms with van der Waals surface area (Å²) in [6.07, 6.45) is 0. The number of ether oxygens (including phenoxy) is 3. The Labute approximate surface area is 116 Å². The maximum Gasteiger partial charge on any atom is 0.240 e. The van der Waals surface area contributed by atoms with Crippen molar-refractivity contribution in [2.45, 2.75) is 13.2 Å². The first-order chi connectivity index (χ1) is 9.74. The fourth-order valence-corrected chi connectivity index (χ4v) is 1.94. The molecule has 2 aromatic rings. The van der Waals surface area contributed by atoms with Crippen molar-refractivity contribution in [3.8, 4) is 22.9 Å². The van der Waals surface area contributed by atoms with Crippen LogP contribution >= 0.6 is 0 Å². The van der Waals surface area contributed by atoms with Gasteiger partial charge >= 0.3 is 0 Å². The SMILES string of the molecule is COCc1c(OC)ccc(OC)c1-c1noc(CN)n1. The molecule has 1 aromatic carbocycles. The molecule has 0 aliphatic carbocycles. The zero-order valence-corrected chi connectivity index (χ0v) is 11.7. The molecular formula is C13H17N3O4. The molecule has 0 spiro atoms. The summed E-state index contributed by atoms with van der Waals surface area (Å²) in [6, 6.07) is 3.59. The second-order valence-corrected chi connectivity index (χ2v) is 3.97. The van der Waals surface area contributed by atoms with Crippen LogP contribution in [0.3, 0.4) is 0 Å². The van der Waals surface area contributed by atoms with Gasteiger partial charge in [-0.1, -0.05) is 5.16 Å². The molecule has 0 radical (unpaired) electrons. The smallest absolute Gasteiger partial charge is 0.240 e. The van der Waals surface area contributed by atoms with E-state index in [4.69, 9.17) is 24.5 Å². The maximum atomic E-state index is 5.49. The topological polar surface area (TPSA) is 92.6 Å². The van der Waals surface area contributed by atoms with Crippen molar-refractivity contribution in [2.24, 2.45) is 5.73 Å².